The molecule has 0 N–H and O–H groups in total. The van der Waals surface area contributed by atoms with Crippen molar-refractivity contribution in [2.24, 2.45) is 0 Å². The van der Waals surface area contributed by atoms with Crippen molar-refractivity contribution in [3.05, 3.63) is 48.8 Å². The zero-order valence-corrected chi connectivity index (χ0v) is 14.9. The fraction of sp³-hybridized carbons (Fsp3) is 0.381. The molecular formula is C21H23N5. The van der Waals surface area contributed by atoms with E-state index in [1.165, 1.54) is 32.4 Å². The maximum absolute atomic E-state index is 4.97. The number of anilines is 1. The number of rotatable bonds is 3. The molecule has 5 heteroatoms. The van der Waals surface area contributed by atoms with Crippen molar-refractivity contribution in [3.8, 4) is 11.4 Å². The first-order valence-electron chi connectivity index (χ1n) is 9.55. The monoisotopic (exact) mass is 345 g/mol. The number of hydrogen-bond donors (Lipinski definition) is 0. The minimum absolute atomic E-state index is 0.660. The van der Waals surface area contributed by atoms with Crippen LogP contribution in [0.5, 0.6) is 0 Å². The predicted molar refractivity (Wildman–Crippen MR) is 104 cm³/mol. The van der Waals surface area contributed by atoms with Gasteiger partial charge < -0.3 is 4.90 Å². The van der Waals surface area contributed by atoms with Gasteiger partial charge in [0.2, 0.25) is 0 Å². The second-order valence-corrected chi connectivity index (χ2v) is 7.26. The van der Waals surface area contributed by atoms with Gasteiger partial charge in [-0.2, -0.15) is 0 Å². The topological polar surface area (TPSA) is 45.2 Å². The number of likely N-dealkylation sites (tertiary alicyclic amines) is 1. The SMILES string of the molecule is c1cncc(-c2nc(N3CC[C@@H](N4CCCC4)C3)c3ccccc3n2)c1. The Morgan fingerprint density at radius 1 is 0.923 bits per heavy atom. The number of nitrogens with zero attached hydrogens (tertiary/aromatic N) is 5. The average Bonchev–Trinajstić information content (AvgIpc) is 3.39. The van der Waals surface area contributed by atoms with Gasteiger partial charge in [-0.1, -0.05) is 12.1 Å². The van der Waals surface area contributed by atoms with Crippen LogP contribution in [-0.2, 0) is 0 Å². The lowest BCUT2D eigenvalue weighted by Crippen LogP contribution is -2.35. The number of hydrogen-bond acceptors (Lipinski definition) is 5. The Kier molecular flexibility index (Phi) is 4.02. The summed E-state index contributed by atoms with van der Waals surface area (Å²) in [5.74, 6) is 1.83. The van der Waals surface area contributed by atoms with Crippen LogP contribution in [0.25, 0.3) is 22.3 Å². The molecule has 0 bridgehead atoms. The summed E-state index contributed by atoms with van der Waals surface area (Å²) < 4.78 is 0. The van der Waals surface area contributed by atoms with E-state index in [9.17, 15) is 0 Å². The molecule has 0 radical (unpaired) electrons. The maximum atomic E-state index is 4.97. The Labute approximate surface area is 153 Å². The van der Waals surface area contributed by atoms with E-state index >= 15 is 0 Å². The second-order valence-electron chi connectivity index (χ2n) is 7.26. The summed E-state index contributed by atoms with van der Waals surface area (Å²) in [7, 11) is 0. The maximum Gasteiger partial charge on any atom is 0.163 e. The zero-order chi connectivity index (χ0) is 17.3. The Morgan fingerprint density at radius 2 is 1.81 bits per heavy atom. The molecule has 1 atom stereocenters. The Morgan fingerprint density at radius 3 is 2.65 bits per heavy atom. The van der Waals surface area contributed by atoms with Crippen molar-refractivity contribution in [3.63, 3.8) is 0 Å². The van der Waals surface area contributed by atoms with Crippen molar-refractivity contribution in [1.82, 2.24) is 19.9 Å². The van der Waals surface area contributed by atoms with E-state index in [-0.39, 0.29) is 0 Å². The van der Waals surface area contributed by atoms with Gasteiger partial charge in [0, 0.05) is 42.5 Å². The molecule has 2 aliphatic heterocycles. The van der Waals surface area contributed by atoms with E-state index in [1.54, 1.807) is 6.20 Å². The molecule has 0 spiro atoms. The Bertz CT molecular complexity index is 905. The van der Waals surface area contributed by atoms with Crippen LogP contribution in [-0.4, -0.2) is 52.1 Å². The molecule has 0 unspecified atom stereocenters. The standard InChI is InChI=1S/C21H23N5/c1-2-8-19-18(7-1)21(24-20(23-19)16-6-5-10-22-14-16)26-13-9-17(15-26)25-11-3-4-12-25/h1-2,5-8,10,14,17H,3-4,9,11-13,15H2/t17-/m1/s1. The van der Waals surface area contributed by atoms with Crippen LogP contribution in [0, 0.1) is 0 Å². The molecule has 2 aromatic heterocycles. The van der Waals surface area contributed by atoms with Crippen LogP contribution in [0.2, 0.25) is 0 Å². The predicted octanol–water partition coefficient (Wildman–Crippen LogP) is 3.37. The summed E-state index contributed by atoms with van der Waals surface area (Å²) in [6, 6.07) is 13.0. The molecule has 0 amide bonds. The van der Waals surface area contributed by atoms with Crippen molar-refractivity contribution in [2.75, 3.05) is 31.1 Å². The lowest BCUT2D eigenvalue weighted by Gasteiger charge is -2.24. The van der Waals surface area contributed by atoms with E-state index in [4.69, 9.17) is 9.97 Å². The van der Waals surface area contributed by atoms with Crippen molar-refractivity contribution in [1.29, 1.82) is 0 Å². The van der Waals surface area contributed by atoms with Crippen LogP contribution >= 0.6 is 0 Å². The molecule has 4 heterocycles. The fourth-order valence-electron chi connectivity index (χ4n) is 4.26. The molecule has 2 aliphatic rings. The molecule has 1 aromatic carbocycles. The molecule has 26 heavy (non-hydrogen) atoms. The molecule has 132 valence electrons. The van der Waals surface area contributed by atoms with E-state index in [2.05, 4.69) is 33.0 Å². The van der Waals surface area contributed by atoms with Gasteiger partial charge in [-0.3, -0.25) is 9.88 Å². The molecule has 5 rings (SSSR count). The van der Waals surface area contributed by atoms with Gasteiger partial charge in [0.15, 0.2) is 5.82 Å². The lowest BCUT2D eigenvalue weighted by atomic mass is 10.2. The molecule has 2 saturated heterocycles. The lowest BCUT2D eigenvalue weighted by molar-refractivity contribution is 0.260. The minimum atomic E-state index is 0.660. The molecule has 0 saturated carbocycles. The smallest absolute Gasteiger partial charge is 0.163 e. The summed E-state index contributed by atoms with van der Waals surface area (Å²) in [6.07, 6.45) is 7.54. The molecule has 3 aromatic rings. The minimum Gasteiger partial charge on any atom is -0.354 e. The van der Waals surface area contributed by atoms with Gasteiger partial charge in [-0.25, -0.2) is 9.97 Å². The quantitative estimate of drug-likeness (QED) is 0.728. The highest BCUT2D eigenvalue weighted by Crippen LogP contribution is 2.31. The van der Waals surface area contributed by atoms with E-state index in [1.807, 2.05) is 24.4 Å². The van der Waals surface area contributed by atoms with E-state index in [0.717, 1.165) is 41.2 Å². The first kappa shape index (κ1) is 15.7. The normalized spacial score (nSPS) is 20.9. The summed E-state index contributed by atoms with van der Waals surface area (Å²) in [5.41, 5.74) is 1.97. The number of pyridine rings is 1. The van der Waals surface area contributed by atoms with Gasteiger partial charge in [-0.05, 0) is 56.6 Å². The van der Waals surface area contributed by atoms with E-state index in [0.29, 0.717) is 6.04 Å². The van der Waals surface area contributed by atoms with Crippen molar-refractivity contribution < 1.29 is 0 Å². The zero-order valence-electron chi connectivity index (χ0n) is 14.9. The van der Waals surface area contributed by atoms with E-state index < -0.39 is 0 Å². The van der Waals surface area contributed by atoms with Crippen molar-refractivity contribution >= 4 is 16.7 Å². The van der Waals surface area contributed by atoms with Gasteiger partial charge in [-0.15, -0.1) is 0 Å². The molecule has 0 aliphatic carbocycles. The van der Waals surface area contributed by atoms with Gasteiger partial charge in [0.1, 0.15) is 5.82 Å². The fourth-order valence-corrected chi connectivity index (χ4v) is 4.26. The van der Waals surface area contributed by atoms with Gasteiger partial charge in [0.05, 0.1) is 5.52 Å². The number of aromatic nitrogens is 3. The van der Waals surface area contributed by atoms with Crippen LogP contribution in [0.15, 0.2) is 48.8 Å². The third-order valence-electron chi connectivity index (χ3n) is 5.62. The van der Waals surface area contributed by atoms with Crippen LogP contribution in [0.1, 0.15) is 19.3 Å². The third kappa shape index (κ3) is 2.82. The molecular weight excluding hydrogens is 322 g/mol. The Balaban J connectivity index is 1.54. The summed E-state index contributed by atoms with van der Waals surface area (Å²) >= 11 is 0. The summed E-state index contributed by atoms with van der Waals surface area (Å²) in [5, 5.41) is 1.14. The van der Waals surface area contributed by atoms with Gasteiger partial charge in [0.25, 0.3) is 0 Å². The highest BCUT2D eigenvalue weighted by Gasteiger charge is 2.30. The first-order chi connectivity index (χ1) is 12.9. The highest BCUT2D eigenvalue weighted by atomic mass is 15.3. The number of benzene rings is 1. The third-order valence-corrected chi connectivity index (χ3v) is 5.62. The van der Waals surface area contributed by atoms with Crippen molar-refractivity contribution in [2.45, 2.75) is 25.3 Å². The van der Waals surface area contributed by atoms with Crippen LogP contribution in [0.3, 0.4) is 0 Å². The number of fused-ring (bicyclic) bond motifs is 1. The molecule has 5 nitrogen and oxygen atoms in total. The van der Waals surface area contributed by atoms with Crippen LogP contribution < -0.4 is 4.90 Å². The van der Waals surface area contributed by atoms with Crippen LogP contribution in [0.4, 0.5) is 5.82 Å². The average molecular weight is 345 g/mol. The molecule has 2 fully saturated rings. The highest BCUT2D eigenvalue weighted by molar-refractivity contribution is 5.91. The van der Waals surface area contributed by atoms with Gasteiger partial charge >= 0.3 is 0 Å². The first-order valence-corrected chi connectivity index (χ1v) is 9.55. The second kappa shape index (κ2) is 6.65. The Hall–Kier alpha value is -2.53. The number of para-hydroxylation sites is 1. The summed E-state index contributed by atoms with van der Waals surface area (Å²) in [4.78, 5) is 19.1. The largest absolute Gasteiger partial charge is 0.354 e. The summed E-state index contributed by atoms with van der Waals surface area (Å²) in [6.45, 7) is 4.63.